The van der Waals surface area contributed by atoms with Crippen LogP contribution < -0.4 is 10.1 Å². The Hall–Kier alpha value is -1.92. The van der Waals surface area contributed by atoms with Crippen molar-refractivity contribution in [3.8, 4) is 5.75 Å². The average molecular weight is 510 g/mol. The maximum atomic E-state index is 14.3. The first-order chi connectivity index (χ1) is 13.4. The SMILES string of the molecule is CCOC(COc1cc(F)c(F)c(Nc2ccc(I)cc2F)c1N=O)OCC. The molecule has 152 valence electrons. The minimum Gasteiger partial charge on any atom is -0.486 e. The summed E-state index contributed by atoms with van der Waals surface area (Å²) in [6.45, 7) is 3.98. The maximum absolute atomic E-state index is 14.3. The molecule has 0 fully saturated rings. The van der Waals surface area contributed by atoms with Crippen molar-refractivity contribution in [1.29, 1.82) is 0 Å². The van der Waals surface area contributed by atoms with Crippen LogP contribution in [0.1, 0.15) is 13.8 Å². The van der Waals surface area contributed by atoms with Gasteiger partial charge in [-0.3, -0.25) is 0 Å². The molecular formula is C18H18F3IN2O4. The van der Waals surface area contributed by atoms with Crippen LogP contribution in [-0.4, -0.2) is 26.1 Å². The molecule has 0 heterocycles. The number of nitrogens with one attached hydrogen (secondary N) is 1. The Kier molecular flexibility index (Phi) is 8.45. The highest BCUT2D eigenvalue weighted by Crippen LogP contribution is 2.41. The van der Waals surface area contributed by atoms with E-state index in [4.69, 9.17) is 14.2 Å². The normalized spacial score (nSPS) is 11.0. The molecule has 0 aliphatic carbocycles. The van der Waals surface area contributed by atoms with Crippen LogP contribution in [0.25, 0.3) is 0 Å². The number of nitrogens with zero attached hydrogens (tertiary/aromatic N) is 1. The summed E-state index contributed by atoms with van der Waals surface area (Å²) >= 11 is 1.90. The van der Waals surface area contributed by atoms with Gasteiger partial charge in [0.25, 0.3) is 0 Å². The highest BCUT2D eigenvalue weighted by atomic mass is 127. The van der Waals surface area contributed by atoms with E-state index in [1.807, 2.05) is 22.6 Å². The molecule has 0 aliphatic heterocycles. The number of halogens is 4. The molecule has 0 spiro atoms. The van der Waals surface area contributed by atoms with Crippen molar-refractivity contribution in [3.05, 3.63) is 50.2 Å². The zero-order valence-corrected chi connectivity index (χ0v) is 17.3. The molecule has 0 radical (unpaired) electrons. The van der Waals surface area contributed by atoms with Gasteiger partial charge in [-0.15, -0.1) is 4.91 Å². The summed E-state index contributed by atoms with van der Waals surface area (Å²) < 4.78 is 59.0. The lowest BCUT2D eigenvalue weighted by molar-refractivity contribution is -0.152. The van der Waals surface area contributed by atoms with Gasteiger partial charge < -0.3 is 19.5 Å². The summed E-state index contributed by atoms with van der Waals surface area (Å²) in [6.07, 6.45) is -0.771. The standard InChI is InChI=1S/C18H18F3IN2O4/c1-3-26-15(27-4-2)9-28-14-8-12(20)16(21)18(17(14)24-25)23-13-6-5-10(22)7-11(13)19/h5-8,15,23H,3-4,9H2,1-2H3. The Labute approximate surface area is 173 Å². The van der Waals surface area contributed by atoms with Crippen LogP contribution >= 0.6 is 22.6 Å². The number of hydrogen-bond acceptors (Lipinski definition) is 6. The zero-order chi connectivity index (χ0) is 20.7. The van der Waals surface area contributed by atoms with Crippen molar-refractivity contribution in [1.82, 2.24) is 0 Å². The Balaban J connectivity index is 2.36. The number of nitroso groups, excluding NO2 is 1. The molecule has 0 saturated heterocycles. The summed E-state index contributed by atoms with van der Waals surface area (Å²) in [5.74, 6) is -3.71. The van der Waals surface area contributed by atoms with Crippen LogP contribution in [0.4, 0.5) is 30.2 Å². The van der Waals surface area contributed by atoms with Gasteiger partial charge >= 0.3 is 0 Å². The van der Waals surface area contributed by atoms with Crippen molar-refractivity contribution in [2.24, 2.45) is 5.18 Å². The first-order valence-corrected chi connectivity index (χ1v) is 9.42. The molecule has 0 unspecified atom stereocenters. The summed E-state index contributed by atoms with van der Waals surface area (Å²) in [5, 5.41) is 5.11. The number of benzene rings is 2. The first-order valence-electron chi connectivity index (χ1n) is 8.34. The first kappa shape index (κ1) is 22.4. The molecule has 0 amide bonds. The summed E-state index contributed by atoms with van der Waals surface area (Å²) in [6, 6.07) is 4.77. The predicted molar refractivity (Wildman–Crippen MR) is 107 cm³/mol. The second-order valence-electron chi connectivity index (χ2n) is 5.39. The van der Waals surface area contributed by atoms with Gasteiger partial charge in [0, 0.05) is 22.9 Å². The van der Waals surface area contributed by atoms with Gasteiger partial charge in [-0.25, -0.2) is 13.2 Å². The fourth-order valence-corrected chi connectivity index (χ4v) is 2.76. The Morgan fingerprint density at radius 2 is 1.79 bits per heavy atom. The van der Waals surface area contributed by atoms with Gasteiger partial charge in [0.1, 0.15) is 18.1 Å². The zero-order valence-electron chi connectivity index (χ0n) is 15.1. The number of anilines is 2. The third-order valence-electron chi connectivity index (χ3n) is 3.52. The van der Waals surface area contributed by atoms with Crippen molar-refractivity contribution < 1.29 is 27.4 Å². The number of ether oxygens (including phenoxy) is 3. The highest BCUT2D eigenvalue weighted by molar-refractivity contribution is 14.1. The second-order valence-corrected chi connectivity index (χ2v) is 6.63. The van der Waals surface area contributed by atoms with Crippen molar-refractivity contribution in [2.75, 3.05) is 25.1 Å². The largest absolute Gasteiger partial charge is 0.486 e. The Morgan fingerprint density at radius 1 is 1.11 bits per heavy atom. The third kappa shape index (κ3) is 5.55. The fraction of sp³-hybridized carbons (Fsp3) is 0.333. The lowest BCUT2D eigenvalue weighted by Crippen LogP contribution is -2.25. The van der Waals surface area contributed by atoms with Crippen LogP contribution in [0.15, 0.2) is 29.4 Å². The van der Waals surface area contributed by atoms with Gasteiger partial charge in [0.05, 0.1) is 5.69 Å². The van der Waals surface area contributed by atoms with Crippen molar-refractivity contribution in [3.63, 3.8) is 0 Å². The van der Waals surface area contributed by atoms with Crippen LogP contribution in [0.3, 0.4) is 0 Å². The van der Waals surface area contributed by atoms with E-state index < -0.39 is 35.1 Å². The highest BCUT2D eigenvalue weighted by Gasteiger charge is 2.23. The lowest BCUT2D eigenvalue weighted by atomic mass is 10.2. The van der Waals surface area contributed by atoms with E-state index >= 15 is 0 Å². The lowest BCUT2D eigenvalue weighted by Gasteiger charge is -2.19. The van der Waals surface area contributed by atoms with Gasteiger partial charge in [-0.05, 0) is 59.8 Å². The van der Waals surface area contributed by atoms with E-state index in [9.17, 15) is 18.1 Å². The molecule has 28 heavy (non-hydrogen) atoms. The van der Waals surface area contributed by atoms with Gasteiger partial charge in [-0.1, -0.05) is 0 Å². The minimum atomic E-state index is -1.38. The van der Waals surface area contributed by atoms with E-state index in [-0.39, 0.29) is 18.0 Å². The van der Waals surface area contributed by atoms with Crippen LogP contribution in [0.5, 0.6) is 5.75 Å². The van der Waals surface area contributed by atoms with Crippen molar-refractivity contribution >= 4 is 39.7 Å². The fourth-order valence-electron chi connectivity index (χ4n) is 2.31. The summed E-state index contributed by atoms with van der Waals surface area (Å²) in [4.78, 5) is 11.3. The molecule has 6 nitrogen and oxygen atoms in total. The number of hydrogen-bond donors (Lipinski definition) is 1. The maximum Gasteiger partial charge on any atom is 0.191 e. The molecule has 2 aromatic carbocycles. The van der Waals surface area contributed by atoms with Gasteiger partial charge in [0.2, 0.25) is 0 Å². The van der Waals surface area contributed by atoms with E-state index in [0.29, 0.717) is 22.9 Å². The topological polar surface area (TPSA) is 69.2 Å². The monoisotopic (exact) mass is 510 g/mol. The van der Waals surface area contributed by atoms with Crippen LogP contribution in [0, 0.1) is 25.9 Å². The molecule has 0 bridgehead atoms. The summed E-state index contributed by atoms with van der Waals surface area (Å²) in [5.41, 5.74) is -1.32. The smallest absolute Gasteiger partial charge is 0.191 e. The van der Waals surface area contributed by atoms with E-state index in [1.165, 1.54) is 12.1 Å². The molecule has 0 saturated carbocycles. The minimum absolute atomic E-state index is 0.151. The Bertz CT molecular complexity index is 833. The predicted octanol–water partition coefficient (Wildman–Crippen LogP) is 5.63. The molecule has 2 aromatic rings. The van der Waals surface area contributed by atoms with Crippen LogP contribution in [0.2, 0.25) is 0 Å². The Morgan fingerprint density at radius 3 is 2.36 bits per heavy atom. The third-order valence-corrected chi connectivity index (χ3v) is 4.19. The van der Waals surface area contributed by atoms with Gasteiger partial charge in [0.15, 0.2) is 29.4 Å². The molecule has 2 rings (SSSR count). The molecule has 1 N–H and O–H groups in total. The van der Waals surface area contributed by atoms with Crippen LogP contribution in [-0.2, 0) is 9.47 Å². The quantitative estimate of drug-likeness (QED) is 0.255. The van der Waals surface area contributed by atoms with E-state index in [0.717, 1.165) is 0 Å². The van der Waals surface area contributed by atoms with Crippen molar-refractivity contribution in [2.45, 2.75) is 20.1 Å². The molecular weight excluding hydrogens is 492 g/mol. The van der Waals surface area contributed by atoms with E-state index in [2.05, 4.69) is 10.5 Å². The molecule has 10 heteroatoms. The number of rotatable bonds is 10. The molecule has 0 atom stereocenters. The second kappa shape index (κ2) is 10.6. The van der Waals surface area contributed by atoms with E-state index in [1.54, 1.807) is 19.9 Å². The average Bonchev–Trinajstić information content (AvgIpc) is 2.66. The molecule has 0 aliphatic rings. The molecule has 0 aromatic heterocycles. The summed E-state index contributed by atoms with van der Waals surface area (Å²) in [7, 11) is 0. The van der Waals surface area contributed by atoms with Gasteiger partial charge in [-0.2, -0.15) is 0 Å².